The van der Waals surface area contributed by atoms with Crippen molar-refractivity contribution in [1.29, 1.82) is 0 Å². The van der Waals surface area contributed by atoms with E-state index in [-0.39, 0.29) is 51.9 Å². The second kappa shape index (κ2) is 15.7. The molecule has 6 heavy (non-hydrogen) atoms. The molecule has 0 atom stereocenters. The molecule has 0 amide bonds. The van der Waals surface area contributed by atoms with Gasteiger partial charge in [0.15, 0.2) is 0 Å². The fourth-order valence-corrected chi connectivity index (χ4v) is 0. The standard InChI is InChI=1S/Cl2H4Si2.2GeH4/c1-3-4-2;;/h3-4H2;2*1H4. The molecule has 0 N–H and O–H groups in total. The molecular formula is H12Cl2Ge2Si2. The van der Waals surface area contributed by atoms with Crippen LogP contribution in [0.1, 0.15) is 0 Å². The van der Waals surface area contributed by atoms with Crippen molar-refractivity contribution in [3.63, 3.8) is 0 Å². The Morgan fingerprint density at radius 1 is 0.833 bits per heavy atom. The molecule has 0 aliphatic carbocycles. The van der Waals surface area contributed by atoms with Gasteiger partial charge in [-0.2, -0.15) is 22.2 Å². The van der Waals surface area contributed by atoms with Gasteiger partial charge < -0.3 is 0 Å². The second-order valence-electron chi connectivity index (χ2n) is 0.378. The maximum absolute atomic E-state index is 5.25. The summed E-state index contributed by atoms with van der Waals surface area (Å²) in [5, 5.41) is 0. The number of halogens is 2. The first kappa shape index (κ1) is 15.7. The van der Waals surface area contributed by atoms with Crippen LogP contribution in [0.3, 0.4) is 0 Å². The van der Waals surface area contributed by atoms with Crippen LogP contribution < -0.4 is 0 Å². The van der Waals surface area contributed by atoms with Gasteiger partial charge in [0.1, 0.15) is 16.7 Å². The van der Waals surface area contributed by atoms with Gasteiger partial charge in [-0.15, -0.1) is 0 Å². The first-order valence-electron chi connectivity index (χ1n) is 1.03. The third kappa shape index (κ3) is 16.5. The summed E-state index contributed by atoms with van der Waals surface area (Å²) in [6, 6.07) is 0. The number of hydrogen-bond donors (Lipinski definition) is 0. The van der Waals surface area contributed by atoms with Crippen LogP contribution >= 0.6 is 22.2 Å². The Labute approximate surface area is 73.5 Å². The van der Waals surface area contributed by atoms with Crippen molar-refractivity contribution in [2.45, 2.75) is 0 Å². The summed E-state index contributed by atoms with van der Waals surface area (Å²) in [7, 11) is -0.398. The first-order chi connectivity index (χ1) is 1.91. The van der Waals surface area contributed by atoms with Gasteiger partial charge in [0.25, 0.3) is 0 Å². The minimum atomic E-state index is -0.199. The van der Waals surface area contributed by atoms with Gasteiger partial charge in [-0.25, -0.2) is 0 Å². The van der Waals surface area contributed by atoms with Crippen molar-refractivity contribution >= 4 is 74.0 Å². The average molecular weight is 284 g/mol. The van der Waals surface area contributed by atoms with Crippen molar-refractivity contribution in [1.82, 2.24) is 0 Å². The molecule has 0 radical (unpaired) electrons. The van der Waals surface area contributed by atoms with E-state index >= 15 is 0 Å². The molecule has 0 aromatic carbocycles. The molecule has 0 aliphatic rings. The van der Waals surface area contributed by atoms with Gasteiger partial charge in [0, 0.05) is 0 Å². The van der Waals surface area contributed by atoms with Crippen LogP contribution in [0.25, 0.3) is 0 Å². The van der Waals surface area contributed by atoms with E-state index in [0.717, 1.165) is 0 Å². The summed E-state index contributed by atoms with van der Waals surface area (Å²) in [5.74, 6) is 0. The van der Waals surface area contributed by atoms with Crippen molar-refractivity contribution in [3.8, 4) is 0 Å². The van der Waals surface area contributed by atoms with E-state index in [1.54, 1.807) is 0 Å². The van der Waals surface area contributed by atoms with Crippen LogP contribution in [0.5, 0.6) is 0 Å². The molecule has 0 saturated heterocycles. The SMILES string of the molecule is Cl[SiH2][SiH2]Cl.[GeH4].[GeH4]. The maximum atomic E-state index is 5.25. The van der Waals surface area contributed by atoms with E-state index in [2.05, 4.69) is 0 Å². The molecule has 0 saturated carbocycles. The monoisotopic (exact) mass is 286 g/mol. The molecule has 0 bridgehead atoms. The minimum absolute atomic E-state index is 0. The molecule has 0 unspecified atom stereocenters. The van der Waals surface area contributed by atoms with Gasteiger partial charge >= 0.3 is 35.2 Å². The van der Waals surface area contributed by atoms with Crippen molar-refractivity contribution in [2.75, 3.05) is 0 Å². The Bertz CT molecular complexity index is 11.5. The average Bonchev–Trinajstić information content (AvgIpc) is 1.37. The number of rotatable bonds is 1. The molecular weight excluding hydrogens is 272 g/mol. The summed E-state index contributed by atoms with van der Waals surface area (Å²) in [4.78, 5) is 0. The summed E-state index contributed by atoms with van der Waals surface area (Å²) in [6.45, 7) is 0. The summed E-state index contributed by atoms with van der Waals surface area (Å²) < 4.78 is 0. The molecule has 0 rings (SSSR count). The van der Waals surface area contributed by atoms with Crippen LogP contribution in [0.4, 0.5) is 0 Å². The Balaban J connectivity index is -0.0000000450. The quantitative estimate of drug-likeness (QED) is 0.349. The van der Waals surface area contributed by atoms with Crippen LogP contribution in [0.2, 0.25) is 0 Å². The van der Waals surface area contributed by atoms with Gasteiger partial charge in [-0.05, 0) is 0 Å². The van der Waals surface area contributed by atoms with Gasteiger partial charge in [-0.1, -0.05) is 0 Å². The molecule has 0 fully saturated rings. The molecule has 0 spiro atoms. The summed E-state index contributed by atoms with van der Waals surface area (Å²) >= 11 is 10.5. The first-order valence-corrected chi connectivity index (χ1v) is 9.31. The molecule has 0 aliphatic heterocycles. The van der Waals surface area contributed by atoms with Crippen molar-refractivity contribution in [2.24, 2.45) is 0 Å². The third-order valence-corrected chi connectivity index (χ3v) is 5.79. The van der Waals surface area contributed by atoms with E-state index in [4.69, 9.17) is 22.2 Å². The molecule has 6 heteroatoms. The molecule has 0 heterocycles. The zero-order chi connectivity index (χ0) is 3.41. The summed E-state index contributed by atoms with van der Waals surface area (Å²) in [5.41, 5.74) is 0. The van der Waals surface area contributed by atoms with Gasteiger partial charge in [-0.3, -0.25) is 0 Å². The third-order valence-electron chi connectivity index (χ3n) is 0.0714. The Morgan fingerprint density at radius 3 is 1.00 bits per heavy atom. The Hall–Kier alpha value is 2.10. The molecule has 0 aromatic rings. The van der Waals surface area contributed by atoms with E-state index in [9.17, 15) is 0 Å². The fraction of sp³-hybridized carbons (Fsp3) is 0. The van der Waals surface area contributed by atoms with E-state index in [1.807, 2.05) is 0 Å². The van der Waals surface area contributed by atoms with Gasteiger partial charge in [0.05, 0.1) is 0 Å². The van der Waals surface area contributed by atoms with E-state index < -0.39 is 0 Å². The second-order valence-corrected chi connectivity index (χ2v) is 10.2. The molecule has 0 aromatic heterocycles. The summed E-state index contributed by atoms with van der Waals surface area (Å²) in [6.07, 6.45) is 0. The van der Waals surface area contributed by atoms with Crippen LogP contribution in [-0.2, 0) is 0 Å². The zero-order valence-electron chi connectivity index (χ0n) is 2.17. The zero-order valence-corrected chi connectivity index (χ0v) is 6.51. The van der Waals surface area contributed by atoms with E-state index in [0.29, 0.717) is 0 Å². The van der Waals surface area contributed by atoms with Crippen LogP contribution in [0, 0.1) is 0 Å². The van der Waals surface area contributed by atoms with Gasteiger partial charge in [0.2, 0.25) is 0 Å². The fourth-order valence-electron chi connectivity index (χ4n) is 0. The predicted molar refractivity (Wildman–Crippen MR) is 51.5 cm³/mol. The normalized spacial score (nSPS) is 9.00. The Kier molecular flexibility index (Phi) is 41.1. The molecule has 42 valence electrons. The predicted octanol–water partition coefficient (Wildman–Crippen LogP) is -3.36. The topological polar surface area (TPSA) is 0 Å². The van der Waals surface area contributed by atoms with Crippen LogP contribution in [0.15, 0.2) is 0 Å². The molecule has 0 nitrogen and oxygen atoms in total. The Morgan fingerprint density at radius 2 is 1.00 bits per heavy atom. The van der Waals surface area contributed by atoms with Crippen molar-refractivity contribution < 1.29 is 0 Å². The number of hydrogen-bond acceptors (Lipinski definition) is 0. The van der Waals surface area contributed by atoms with Crippen molar-refractivity contribution in [3.05, 3.63) is 0 Å². The van der Waals surface area contributed by atoms with E-state index in [1.165, 1.54) is 0 Å². The van der Waals surface area contributed by atoms with Crippen LogP contribution in [-0.4, -0.2) is 51.9 Å².